The van der Waals surface area contributed by atoms with Crippen LogP contribution >= 0.6 is 28.6 Å². The van der Waals surface area contributed by atoms with E-state index >= 15 is 0 Å². The summed E-state index contributed by atoms with van der Waals surface area (Å²) in [6.07, 6.45) is 0. The Morgan fingerprint density at radius 2 is 2.29 bits per heavy atom. The van der Waals surface area contributed by atoms with Crippen molar-refractivity contribution in [2.75, 3.05) is 0 Å². The van der Waals surface area contributed by atoms with Gasteiger partial charge in [0.1, 0.15) is 5.78 Å². The van der Waals surface area contributed by atoms with Gasteiger partial charge in [-0.2, -0.15) is 5.26 Å². The molecule has 0 aliphatic heterocycles. The van der Waals surface area contributed by atoms with E-state index in [2.05, 4.69) is 28.6 Å². The molecule has 1 rings (SSSR count). The number of alkyl halides is 1. The van der Waals surface area contributed by atoms with Crippen LogP contribution in [0.2, 0.25) is 0 Å². The van der Waals surface area contributed by atoms with Crippen molar-refractivity contribution in [1.82, 2.24) is 0 Å². The Morgan fingerprint density at radius 3 is 2.79 bits per heavy atom. The number of hydrogen-bond donors (Lipinski definition) is 1. The third-order valence-corrected chi connectivity index (χ3v) is 3.20. The molecule has 0 aromatic heterocycles. The third-order valence-electron chi connectivity index (χ3n) is 1.79. The first kappa shape index (κ1) is 11.3. The van der Waals surface area contributed by atoms with Crippen LogP contribution in [0.5, 0.6) is 0 Å². The standard InChI is InChI=1S/C10H8BrNOS/c1-6(13)10(11)9-3-2-8(14)4-7(9)5-12/h2-4,10,14H,1H3. The van der Waals surface area contributed by atoms with Crippen LogP contribution in [0, 0.1) is 11.3 Å². The van der Waals surface area contributed by atoms with Crippen molar-refractivity contribution in [2.24, 2.45) is 0 Å². The Labute approximate surface area is 96.5 Å². The van der Waals surface area contributed by atoms with Crippen molar-refractivity contribution >= 4 is 34.3 Å². The van der Waals surface area contributed by atoms with Crippen LogP contribution in [-0.4, -0.2) is 5.78 Å². The molecule has 1 aromatic rings. The van der Waals surface area contributed by atoms with Crippen molar-refractivity contribution in [2.45, 2.75) is 16.6 Å². The van der Waals surface area contributed by atoms with Crippen LogP contribution in [0.3, 0.4) is 0 Å². The minimum atomic E-state index is -0.411. The van der Waals surface area contributed by atoms with Gasteiger partial charge < -0.3 is 0 Å². The number of rotatable bonds is 2. The Hall–Kier alpha value is -0.790. The first-order valence-electron chi connectivity index (χ1n) is 3.93. The number of hydrogen-bond acceptors (Lipinski definition) is 3. The van der Waals surface area contributed by atoms with E-state index in [9.17, 15) is 4.79 Å². The lowest BCUT2D eigenvalue weighted by atomic mass is 10.0. The van der Waals surface area contributed by atoms with Gasteiger partial charge in [0, 0.05) is 4.90 Å². The molecule has 0 N–H and O–H groups in total. The molecule has 1 unspecified atom stereocenters. The zero-order valence-corrected chi connectivity index (χ0v) is 9.97. The summed E-state index contributed by atoms with van der Waals surface area (Å²) in [5.74, 6) is -0.0200. The van der Waals surface area contributed by atoms with Gasteiger partial charge in [0.05, 0.1) is 16.5 Å². The molecule has 0 aliphatic carbocycles. The number of Topliss-reactive ketones (excluding diaryl/α,β-unsaturated/α-hetero) is 1. The van der Waals surface area contributed by atoms with E-state index in [4.69, 9.17) is 5.26 Å². The zero-order chi connectivity index (χ0) is 10.7. The van der Waals surface area contributed by atoms with Crippen LogP contribution in [0.15, 0.2) is 23.1 Å². The molecule has 1 aromatic carbocycles. The zero-order valence-electron chi connectivity index (χ0n) is 7.49. The maximum atomic E-state index is 11.1. The monoisotopic (exact) mass is 269 g/mol. The second-order valence-electron chi connectivity index (χ2n) is 2.86. The van der Waals surface area contributed by atoms with Gasteiger partial charge in [-0.1, -0.05) is 22.0 Å². The van der Waals surface area contributed by atoms with E-state index in [1.165, 1.54) is 6.92 Å². The first-order valence-corrected chi connectivity index (χ1v) is 5.30. The van der Waals surface area contributed by atoms with Crippen LogP contribution in [-0.2, 0) is 4.79 Å². The molecule has 1 atom stereocenters. The van der Waals surface area contributed by atoms with Gasteiger partial charge in [-0.05, 0) is 24.6 Å². The molecular weight excluding hydrogens is 262 g/mol. The number of nitrogens with zero attached hydrogens (tertiary/aromatic N) is 1. The van der Waals surface area contributed by atoms with E-state index in [-0.39, 0.29) is 5.78 Å². The maximum absolute atomic E-state index is 11.1. The summed E-state index contributed by atoms with van der Waals surface area (Å²) in [5.41, 5.74) is 1.17. The molecule has 0 bridgehead atoms. The largest absolute Gasteiger partial charge is 0.298 e. The van der Waals surface area contributed by atoms with E-state index in [1.807, 2.05) is 6.07 Å². The van der Waals surface area contributed by atoms with Gasteiger partial charge in [-0.25, -0.2) is 0 Å². The number of thiol groups is 1. The van der Waals surface area contributed by atoms with Gasteiger partial charge in [0.25, 0.3) is 0 Å². The van der Waals surface area contributed by atoms with Crippen LogP contribution in [0.1, 0.15) is 22.9 Å². The summed E-state index contributed by atoms with van der Waals surface area (Å²) in [5, 5.41) is 8.86. The minimum Gasteiger partial charge on any atom is -0.298 e. The van der Waals surface area contributed by atoms with Gasteiger partial charge in [-0.15, -0.1) is 12.6 Å². The third kappa shape index (κ3) is 2.37. The quantitative estimate of drug-likeness (QED) is 0.663. The Kier molecular flexibility index (Phi) is 3.73. The molecule has 4 heteroatoms. The molecule has 0 saturated heterocycles. The summed E-state index contributed by atoms with van der Waals surface area (Å²) in [7, 11) is 0. The van der Waals surface area contributed by atoms with Gasteiger partial charge >= 0.3 is 0 Å². The highest BCUT2D eigenvalue weighted by atomic mass is 79.9. The molecule has 2 nitrogen and oxygen atoms in total. The lowest BCUT2D eigenvalue weighted by molar-refractivity contribution is -0.116. The van der Waals surface area contributed by atoms with Crippen molar-refractivity contribution in [3.63, 3.8) is 0 Å². The highest BCUT2D eigenvalue weighted by Crippen LogP contribution is 2.27. The number of carbonyl (C=O) groups excluding carboxylic acids is 1. The van der Waals surface area contributed by atoms with Crippen molar-refractivity contribution in [3.05, 3.63) is 29.3 Å². The summed E-state index contributed by atoms with van der Waals surface area (Å²) in [4.78, 5) is 11.4. The second kappa shape index (κ2) is 4.63. The normalized spacial score (nSPS) is 11.9. The molecule has 0 radical (unpaired) electrons. The van der Waals surface area contributed by atoms with E-state index in [0.717, 1.165) is 0 Å². The number of nitriles is 1. The first-order chi connectivity index (χ1) is 6.56. The van der Waals surface area contributed by atoms with Crippen molar-refractivity contribution < 1.29 is 4.79 Å². The minimum absolute atomic E-state index is 0.0200. The molecule has 0 spiro atoms. The summed E-state index contributed by atoms with van der Waals surface area (Å²) < 4.78 is 0. The number of benzene rings is 1. The highest BCUT2D eigenvalue weighted by Gasteiger charge is 2.16. The van der Waals surface area contributed by atoms with E-state index in [1.54, 1.807) is 18.2 Å². The smallest absolute Gasteiger partial charge is 0.147 e. The van der Waals surface area contributed by atoms with Crippen molar-refractivity contribution in [3.8, 4) is 6.07 Å². The lowest BCUT2D eigenvalue weighted by Crippen LogP contribution is -2.03. The summed E-state index contributed by atoms with van der Waals surface area (Å²) >= 11 is 7.37. The summed E-state index contributed by atoms with van der Waals surface area (Å²) in [6.45, 7) is 1.48. The molecule has 0 saturated carbocycles. The molecule has 0 aliphatic rings. The maximum Gasteiger partial charge on any atom is 0.147 e. The van der Waals surface area contributed by atoms with Gasteiger partial charge in [0.15, 0.2) is 0 Å². The number of carbonyl (C=O) groups is 1. The van der Waals surface area contributed by atoms with Crippen LogP contribution < -0.4 is 0 Å². The molecule has 0 amide bonds. The highest BCUT2D eigenvalue weighted by molar-refractivity contribution is 9.09. The van der Waals surface area contributed by atoms with E-state index < -0.39 is 4.83 Å². The van der Waals surface area contributed by atoms with Crippen LogP contribution in [0.4, 0.5) is 0 Å². The molecule has 0 fully saturated rings. The SMILES string of the molecule is CC(=O)C(Br)c1ccc(S)cc1C#N. The lowest BCUT2D eigenvalue weighted by Gasteiger charge is -2.08. The summed E-state index contributed by atoms with van der Waals surface area (Å²) in [6, 6.07) is 7.19. The average Bonchev–Trinajstić information content (AvgIpc) is 2.16. The Balaban J connectivity index is 3.22. The number of ketones is 1. The molecule has 72 valence electrons. The predicted molar refractivity (Wildman–Crippen MR) is 60.8 cm³/mol. The van der Waals surface area contributed by atoms with E-state index in [0.29, 0.717) is 16.0 Å². The average molecular weight is 270 g/mol. The fourth-order valence-corrected chi connectivity index (χ4v) is 1.68. The number of halogens is 1. The van der Waals surface area contributed by atoms with Crippen molar-refractivity contribution in [1.29, 1.82) is 5.26 Å². The van der Waals surface area contributed by atoms with Gasteiger partial charge in [0.2, 0.25) is 0 Å². The van der Waals surface area contributed by atoms with Gasteiger partial charge in [-0.3, -0.25) is 4.79 Å². The molecular formula is C10H8BrNOS. The fraction of sp³-hybridized carbons (Fsp3) is 0.200. The topological polar surface area (TPSA) is 40.9 Å². The Bertz CT molecular complexity index is 411. The fourth-order valence-electron chi connectivity index (χ4n) is 1.08. The Morgan fingerprint density at radius 1 is 1.64 bits per heavy atom. The predicted octanol–water partition coefficient (Wildman–Crippen LogP) is 2.87. The molecule has 0 heterocycles. The molecule has 14 heavy (non-hydrogen) atoms. The van der Waals surface area contributed by atoms with Crippen LogP contribution in [0.25, 0.3) is 0 Å². The second-order valence-corrected chi connectivity index (χ2v) is 4.29.